The summed E-state index contributed by atoms with van der Waals surface area (Å²) >= 11 is 0. The number of rotatable bonds is 3. The molecule has 0 saturated heterocycles. The highest BCUT2D eigenvalue weighted by molar-refractivity contribution is 5.90. The molecule has 2 aromatic rings. The minimum Gasteiger partial charge on any atom is -0.366 e. The monoisotopic (exact) mass is 299 g/mol. The smallest absolute Gasteiger partial charge is 0.366 e. The molecule has 9 heteroatoms. The first-order valence-electron chi connectivity index (χ1n) is 5.87. The summed E-state index contributed by atoms with van der Waals surface area (Å²) in [5.41, 5.74) is 5.12. The maximum absolute atomic E-state index is 12.4. The molecule has 1 amide bonds. The lowest BCUT2D eigenvalue weighted by Crippen LogP contribution is -2.27. The molecule has 0 radical (unpaired) electrons. The summed E-state index contributed by atoms with van der Waals surface area (Å²) < 4.78 is 37.3. The van der Waals surface area contributed by atoms with E-state index < -0.39 is 17.6 Å². The molecule has 0 spiro atoms. The lowest BCUT2D eigenvalue weighted by molar-refractivity contribution is -0.137. The predicted octanol–water partition coefficient (Wildman–Crippen LogP) is 1.68. The average Bonchev–Trinajstić information content (AvgIpc) is 2.84. The summed E-state index contributed by atoms with van der Waals surface area (Å²) in [4.78, 5) is 16.9. The average molecular weight is 299 g/mol. The minimum atomic E-state index is -4.38. The molecule has 6 nitrogen and oxygen atoms in total. The van der Waals surface area contributed by atoms with E-state index in [9.17, 15) is 18.0 Å². The van der Waals surface area contributed by atoms with Crippen molar-refractivity contribution in [2.75, 3.05) is 12.8 Å². The van der Waals surface area contributed by atoms with Crippen LogP contribution in [0.1, 0.15) is 21.7 Å². The van der Waals surface area contributed by atoms with Crippen LogP contribution in [0.4, 0.5) is 19.1 Å². The number of anilines is 1. The van der Waals surface area contributed by atoms with Gasteiger partial charge in [0.25, 0.3) is 5.91 Å². The molecule has 21 heavy (non-hydrogen) atoms. The zero-order valence-corrected chi connectivity index (χ0v) is 11.0. The Labute approximate surface area is 117 Å². The van der Waals surface area contributed by atoms with Crippen LogP contribution >= 0.6 is 0 Å². The van der Waals surface area contributed by atoms with E-state index in [1.165, 1.54) is 24.1 Å². The fraction of sp³-hybridized carbons (Fsp3) is 0.250. The van der Waals surface area contributed by atoms with E-state index in [4.69, 9.17) is 5.73 Å². The molecule has 0 saturated carbocycles. The summed E-state index contributed by atoms with van der Waals surface area (Å²) in [6.45, 7) is 0.136. The number of benzene rings is 1. The van der Waals surface area contributed by atoms with Gasteiger partial charge in [-0.1, -0.05) is 12.1 Å². The molecule has 1 heterocycles. The quantitative estimate of drug-likeness (QED) is 0.902. The van der Waals surface area contributed by atoms with Gasteiger partial charge in [0.15, 0.2) is 0 Å². The Kier molecular flexibility index (Phi) is 3.83. The summed E-state index contributed by atoms with van der Waals surface area (Å²) in [5, 5.41) is 5.91. The molecule has 112 valence electrons. The number of hydrogen-bond acceptors (Lipinski definition) is 4. The highest BCUT2D eigenvalue weighted by Gasteiger charge is 2.30. The lowest BCUT2D eigenvalue weighted by atomic mass is 10.1. The van der Waals surface area contributed by atoms with Crippen molar-refractivity contribution in [2.24, 2.45) is 0 Å². The second-order valence-electron chi connectivity index (χ2n) is 4.40. The molecular weight excluding hydrogens is 287 g/mol. The first-order chi connectivity index (χ1) is 9.77. The molecule has 3 N–H and O–H groups in total. The van der Waals surface area contributed by atoms with Crippen LogP contribution in [0.3, 0.4) is 0 Å². The summed E-state index contributed by atoms with van der Waals surface area (Å²) in [6, 6.07) is 4.59. The van der Waals surface area contributed by atoms with Crippen molar-refractivity contribution >= 4 is 11.9 Å². The highest BCUT2D eigenvalue weighted by atomic mass is 19.4. The number of hydrogen-bond donors (Lipinski definition) is 2. The second kappa shape index (κ2) is 5.43. The van der Waals surface area contributed by atoms with E-state index in [-0.39, 0.29) is 18.3 Å². The van der Waals surface area contributed by atoms with Crippen molar-refractivity contribution in [1.82, 2.24) is 20.1 Å². The third-order valence-electron chi connectivity index (χ3n) is 2.75. The Hall–Kier alpha value is -2.58. The highest BCUT2D eigenvalue weighted by Crippen LogP contribution is 2.29. The van der Waals surface area contributed by atoms with Crippen LogP contribution in [0.2, 0.25) is 0 Å². The van der Waals surface area contributed by atoms with E-state index in [1.807, 2.05) is 0 Å². The molecule has 1 aromatic carbocycles. The van der Waals surface area contributed by atoms with Gasteiger partial charge in [-0.15, -0.1) is 5.10 Å². The van der Waals surface area contributed by atoms with E-state index in [0.717, 1.165) is 12.1 Å². The molecule has 2 rings (SSSR count). The van der Waals surface area contributed by atoms with E-state index >= 15 is 0 Å². The molecule has 0 fully saturated rings. The third-order valence-corrected chi connectivity index (χ3v) is 2.75. The number of halogens is 3. The number of nitrogens with one attached hydrogen (secondary N) is 1. The van der Waals surface area contributed by atoms with E-state index in [2.05, 4.69) is 15.2 Å². The van der Waals surface area contributed by atoms with Gasteiger partial charge in [0.1, 0.15) is 0 Å². The Bertz CT molecular complexity index is 635. The van der Waals surface area contributed by atoms with Gasteiger partial charge in [0, 0.05) is 13.6 Å². The first-order valence-corrected chi connectivity index (χ1v) is 5.87. The zero-order valence-electron chi connectivity index (χ0n) is 11.0. The van der Waals surface area contributed by atoms with Gasteiger partial charge in [0.05, 0.1) is 5.56 Å². The first kappa shape index (κ1) is 14.8. The molecule has 0 aliphatic carbocycles. The summed E-state index contributed by atoms with van der Waals surface area (Å²) in [6.07, 6.45) is -4.38. The molecule has 0 bridgehead atoms. The van der Waals surface area contributed by atoms with Gasteiger partial charge in [0.2, 0.25) is 11.8 Å². The van der Waals surface area contributed by atoms with Crippen LogP contribution in [0.25, 0.3) is 0 Å². The number of nitrogen functional groups attached to an aromatic ring is 1. The van der Waals surface area contributed by atoms with E-state index in [1.54, 1.807) is 0 Å². The predicted molar refractivity (Wildman–Crippen MR) is 68.0 cm³/mol. The normalized spacial score (nSPS) is 11.4. The number of nitrogens with zero attached hydrogens (tertiary/aromatic N) is 3. The minimum absolute atomic E-state index is 0.0260. The molecule has 1 aromatic heterocycles. The fourth-order valence-corrected chi connectivity index (χ4v) is 1.70. The lowest BCUT2D eigenvalue weighted by Gasteiger charge is -2.16. The van der Waals surface area contributed by atoms with Crippen LogP contribution < -0.4 is 5.73 Å². The number of alkyl halides is 3. The molecular formula is C12H12F3N5O. The standard InChI is InChI=1S/C12H12F3N5O/c1-20(10(21)9-17-11(16)19-18-9)6-7-2-4-8(5-3-7)12(13,14)15/h2-5H,6H2,1H3,(H3,16,17,18,19). The molecule has 0 unspecified atom stereocenters. The van der Waals surface area contributed by atoms with Crippen LogP contribution in [-0.4, -0.2) is 33.0 Å². The number of carbonyl (C=O) groups is 1. The molecule has 0 aliphatic heterocycles. The number of carbonyl (C=O) groups excluding carboxylic acids is 1. The second-order valence-corrected chi connectivity index (χ2v) is 4.40. The number of aromatic amines is 1. The Balaban J connectivity index is 2.06. The zero-order chi connectivity index (χ0) is 15.6. The van der Waals surface area contributed by atoms with Gasteiger partial charge < -0.3 is 10.6 Å². The van der Waals surface area contributed by atoms with Gasteiger partial charge in [-0.3, -0.25) is 9.89 Å². The maximum Gasteiger partial charge on any atom is 0.416 e. The van der Waals surface area contributed by atoms with Gasteiger partial charge in [-0.25, -0.2) is 0 Å². The number of nitrogens with two attached hydrogens (primary N) is 1. The molecule has 0 atom stereocenters. The van der Waals surface area contributed by atoms with Crippen molar-refractivity contribution < 1.29 is 18.0 Å². The topological polar surface area (TPSA) is 87.9 Å². The van der Waals surface area contributed by atoms with E-state index in [0.29, 0.717) is 5.56 Å². The molecule has 0 aliphatic rings. The van der Waals surface area contributed by atoms with Crippen molar-refractivity contribution in [1.29, 1.82) is 0 Å². The SMILES string of the molecule is CN(Cc1ccc(C(F)(F)F)cc1)C(=O)c1nc(N)n[nH]1. The Morgan fingerprint density at radius 1 is 1.33 bits per heavy atom. The summed E-state index contributed by atoms with van der Waals surface area (Å²) in [7, 11) is 1.50. The van der Waals surface area contributed by atoms with Crippen LogP contribution in [-0.2, 0) is 12.7 Å². The Morgan fingerprint density at radius 2 is 1.95 bits per heavy atom. The number of amides is 1. The van der Waals surface area contributed by atoms with Crippen molar-refractivity contribution in [3.63, 3.8) is 0 Å². The Morgan fingerprint density at radius 3 is 2.43 bits per heavy atom. The fourth-order valence-electron chi connectivity index (χ4n) is 1.70. The van der Waals surface area contributed by atoms with Crippen LogP contribution in [0, 0.1) is 0 Å². The third kappa shape index (κ3) is 3.50. The van der Waals surface area contributed by atoms with Gasteiger partial charge >= 0.3 is 6.18 Å². The van der Waals surface area contributed by atoms with Crippen molar-refractivity contribution in [2.45, 2.75) is 12.7 Å². The number of aromatic nitrogens is 3. The van der Waals surface area contributed by atoms with Crippen molar-refractivity contribution in [3.8, 4) is 0 Å². The van der Waals surface area contributed by atoms with Crippen LogP contribution in [0.5, 0.6) is 0 Å². The van der Waals surface area contributed by atoms with Gasteiger partial charge in [-0.05, 0) is 17.7 Å². The summed E-state index contributed by atoms with van der Waals surface area (Å²) in [5.74, 6) is -0.540. The van der Waals surface area contributed by atoms with Gasteiger partial charge in [-0.2, -0.15) is 18.2 Å². The number of H-pyrrole nitrogens is 1. The maximum atomic E-state index is 12.4. The van der Waals surface area contributed by atoms with Crippen molar-refractivity contribution in [3.05, 3.63) is 41.2 Å². The largest absolute Gasteiger partial charge is 0.416 e. The van der Waals surface area contributed by atoms with Crippen LogP contribution in [0.15, 0.2) is 24.3 Å².